The van der Waals surface area contributed by atoms with Crippen molar-refractivity contribution in [1.82, 2.24) is 15.2 Å². The second-order valence-corrected chi connectivity index (χ2v) is 8.29. The van der Waals surface area contributed by atoms with Crippen molar-refractivity contribution in [1.29, 1.82) is 0 Å². The summed E-state index contributed by atoms with van der Waals surface area (Å²) in [6.07, 6.45) is 1.00. The van der Waals surface area contributed by atoms with E-state index >= 15 is 0 Å². The molecule has 136 valence electrons. The highest BCUT2D eigenvalue weighted by Crippen LogP contribution is 2.20. The van der Waals surface area contributed by atoms with E-state index in [2.05, 4.69) is 19.9 Å². The average molecular weight is 383 g/mol. The van der Waals surface area contributed by atoms with Gasteiger partial charge in [0.05, 0.1) is 17.0 Å². The lowest BCUT2D eigenvalue weighted by atomic mass is 10.3. The van der Waals surface area contributed by atoms with Crippen LogP contribution in [0.1, 0.15) is 12.1 Å². The Balaban J connectivity index is 1.87. The summed E-state index contributed by atoms with van der Waals surface area (Å²) in [5.41, 5.74) is 0.542. The Kier molecular flexibility index (Phi) is 6.91. The van der Waals surface area contributed by atoms with E-state index in [0.29, 0.717) is 12.2 Å². The van der Waals surface area contributed by atoms with Gasteiger partial charge in [0.15, 0.2) is 5.13 Å². The molecule has 2 N–H and O–H groups in total. The molecule has 25 heavy (non-hydrogen) atoms. The Hall–Kier alpha value is -1.97. The van der Waals surface area contributed by atoms with Gasteiger partial charge in [-0.2, -0.15) is 0 Å². The summed E-state index contributed by atoms with van der Waals surface area (Å²) in [5.74, 6) is -0.124. The first-order valence-corrected chi connectivity index (χ1v) is 10.2. The lowest BCUT2D eigenvalue weighted by molar-refractivity contribution is -0.120. The van der Waals surface area contributed by atoms with Crippen LogP contribution in [0, 0.1) is 0 Å². The van der Waals surface area contributed by atoms with E-state index in [1.54, 1.807) is 23.6 Å². The molecule has 0 saturated carbocycles. The zero-order valence-electron chi connectivity index (χ0n) is 14.2. The molecule has 0 aliphatic carbocycles. The molecule has 7 nitrogen and oxygen atoms in total. The molecule has 2 rings (SSSR count). The summed E-state index contributed by atoms with van der Waals surface area (Å²) in [7, 11) is 0.301. The third-order valence-corrected chi connectivity index (χ3v) is 5.56. The SMILES string of the molecule is CN(C)CCCNC(=O)Cc1csc(NS(=O)(=O)c2ccccc2)n1. The van der Waals surface area contributed by atoms with E-state index in [-0.39, 0.29) is 22.4 Å². The van der Waals surface area contributed by atoms with E-state index in [9.17, 15) is 13.2 Å². The normalized spacial score (nSPS) is 11.5. The van der Waals surface area contributed by atoms with Crippen molar-refractivity contribution in [3.05, 3.63) is 41.4 Å². The number of aromatic nitrogens is 1. The predicted molar refractivity (Wildman–Crippen MR) is 99.2 cm³/mol. The fraction of sp³-hybridized carbons (Fsp3) is 0.375. The number of hydrogen-bond donors (Lipinski definition) is 2. The highest BCUT2D eigenvalue weighted by molar-refractivity contribution is 7.93. The Labute approximate surface area is 152 Å². The van der Waals surface area contributed by atoms with Gasteiger partial charge in [0, 0.05) is 11.9 Å². The van der Waals surface area contributed by atoms with Crippen molar-refractivity contribution < 1.29 is 13.2 Å². The van der Waals surface area contributed by atoms with E-state index in [1.165, 1.54) is 12.1 Å². The Morgan fingerprint density at radius 1 is 1.24 bits per heavy atom. The van der Waals surface area contributed by atoms with Gasteiger partial charge in [-0.1, -0.05) is 18.2 Å². The van der Waals surface area contributed by atoms with Gasteiger partial charge >= 0.3 is 0 Å². The van der Waals surface area contributed by atoms with E-state index in [0.717, 1.165) is 24.3 Å². The molecule has 0 aliphatic rings. The number of amides is 1. The molecular formula is C16H22N4O3S2. The van der Waals surface area contributed by atoms with Gasteiger partial charge < -0.3 is 10.2 Å². The van der Waals surface area contributed by atoms with Crippen LogP contribution < -0.4 is 10.0 Å². The van der Waals surface area contributed by atoms with Crippen molar-refractivity contribution in [2.24, 2.45) is 0 Å². The molecule has 0 saturated heterocycles. The number of benzene rings is 1. The molecule has 0 radical (unpaired) electrons. The largest absolute Gasteiger partial charge is 0.356 e. The minimum Gasteiger partial charge on any atom is -0.356 e. The highest BCUT2D eigenvalue weighted by Gasteiger charge is 2.16. The molecule has 1 aromatic carbocycles. The van der Waals surface area contributed by atoms with Crippen LogP contribution in [0.3, 0.4) is 0 Å². The summed E-state index contributed by atoms with van der Waals surface area (Å²) in [6, 6.07) is 8.08. The van der Waals surface area contributed by atoms with Crippen LogP contribution in [0.2, 0.25) is 0 Å². The molecule has 0 fully saturated rings. The van der Waals surface area contributed by atoms with E-state index < -0.39 is 10.0 Å². The molecule has 0 unspecified atom stereocenters. The standard InChI is InChI=1S/C16H22N4O3S2/c1-20(2)10-6-9-17-15(21)11-13-12-24-16(18-13)19-25(22,23)14-7-4-3-5-8-14/h3-5,7-8,12H,6,9-11H2,1-2H3,(H,17,21)(H,18,19). The molecule has 0 aliphatic heterocycles. The third-order valence-electron chi connectivity index (χ3n) is 3.27. The number of carbonyl (C=O) groups is 1. The van der Waals surface area contributed by atoms with Crippen LogP contribution >= 0.6 is 11.3 Å². The smallest absolute Gasteiger partial charge is 0.263 e. The van der Waals surface area contributed by atoms with Gasteiger partial charge in [0.1, 0.15) is 0 Å². The van der Waals surface area contributed by atoms with Crippen molar-refractivity contribution in [2.45, 2.75) is 17.7 Å². The molecule has 0 spiro atoms. The Morgan fingerprint density at radius 2 is 1.96 bits per heavy atom. The minimum atomic E-state index is -3.66. The van der Waals surface area contributed by atoms with Gasteiger partial charge in [-0.05, 0) is 39.2 Å². The zero-order chi connectivity index (χ0) is 18.3. The van der Waals surface area contributed by atoms with Crippen molar-refractivity contribution >= 4 is 32.4 Å². The second-order valence-electron chi connectivity index (χ2n) is 5.75. The predicted octanol–water partition coefficient (Wildman–Crippen LogP) is 1.55. The van der Waals surface area contributed by atoms with Gasteiger partial charge in [-0.15, -0.1) is 11.3 Å². The van der Waals surface area contributed by atoms with Crippen LogP contribution in [0.4, 0.5) is 5.13 Å². The highest BCUT2D eigenvalue weighted by atomic mass is 32.2. The molecule has 0 atom stereocenters. The first kappa shape index (κ1) is 19.4. The monoisotopic (exact) mass is 382 g/mol. The number of sulfonamides is 1. The Bertz CT molecular complexity index is 789. The fourth-order valence-electron chi connectivity index (χ4n) is 2.06. The molecule has 9 heteroatoms. The minimum absolute atomic E-state index is 0.124. The van der Waals surface area contributed by atoms with Crippen LogP contribution in [-0.4, -0.2) is 51.4 Å². The third kappa shape index (κ3) is 6.45. The molecule has 1 aromatic heterocycles. The number of hydrogen-bond acceptors (Lipinski definition) is 6. The van der Waals surface area contributed by atoms with Gasteiger partial charge in [-0.25, -0.2) is 13.4 Å². The van der Waals surface area contributed by atoms with Crippen LogP contribution in [0.25, 0.3) is 0 Å². The maximum Gasteiger partial charge on any atom is 0.263 e. The molecule has 2 aromatic rings. The molecular weight excluding hydrogens is 360 g/mol. The summed E-state index contributed by atoms with van der Waals surface area (Å²) in [6.45, 7) is 1.51. The lowest BCUT2D eigenvalue weighted by Gasteiger charge is -2.09. The average Bonchev–Trinajstić information content (AvgIpc) is 2.98. The molecule has 0 bridgehead atoms. The van der Waals surface area contributed by atoms with Crippen molar-refractivity contribution in [2.75, 3.05) is 31.9 Å². The second kappa shape index (κ2) is 8.93. The Morgan fingerprint density at radius 3 is 2.64 bits per heavy atom. The maximum absolute atomic E-state index is 12.2. The zero-order valence-corrected chi connectivity index (χ0v) is 15.9. The summed E-state index contributed by atoms with van der Waals surface area (Å²) >= 11 is 1.16. The summed E-state index contributed by atoms with van der Waals surface area (Å²) < 4.78 is 26.9. The van der Waals surface area contributed by atoms with Crippen molar-refractivity contribution in [3.63, 3.8) is 0 Å². The number of thiazole rings is 1. The van der Waals surface area contributed by atoms with Crippen LogP contribution in [0.15, 0.2) is 40.6 Å². The first-order chi connectivity index (χ1) is 11.9. The maximum atomic E-state index is 12.2. The fourth-order valence-corrected chi connectivity index (χ4v) is 4.04. The van der Waals surface area contributed by atoms with Gasteiger partial charge in [0.25, 0.3) is 10.0 Å². The van der Waals surface area contributed by atoms with E-state index in [1.807, 2.05) is 14.1 Å². The van der Waals surface area contributed by atoms with Gasteiger partial charge in [-0.3, -0.25) is 9.52 Å². The number of carbonyl (C=O) groups excluding carboxylic acids is 1. The molecule has 1 heterocycles. The van der Waals surface area contributed by atoms with E-state index in [4.69, 9.17) is 0 Å². The summed E-state index contributed by atoms with van der Waals surface area (Å²) in [4.78, 5) is 18.3. The number of rotatable bonds is 9. The quantitative estimate of drug-likeness (QED) is 0.642. The number of anilines is 1. The molecule has 1 amide bonds. The first-order valence-electron chi connectivity index (χ1n) is 7.80. The summed E-state index contributed by atoms with van der Waals surface area (Å²) in [5, 5.41) is 4.76. The number of nitrogens with zero attached hydrogens (tertiary/aromatic N) is 2. The van der Waals surface area contributed by atoms with Crippen molar-refractivity contribution in [3.8, 4) is 0 Å². The number of nitrogens with one attached hydrogen (secondary N) is 2. The lowest BCUT2D eigenvalue weighted by Crippen LogP contribution is -2.28. The van der Waals surface area contributed by atoms with Crippen LogP contribution in [0.5, 0.6) is 0 Å². The van der Waals surface area contributed by atoms with Crippen LogP contribution in [-0.2, 0) is 21.2 Å². The van der Waals surface area contributed by atoms with Gasteiger partial charge in [0.2, 0.25) is 5.91 Å². The topological polar surface area (TPSA) is 91.4 Å².